The molecular formula is C61H117NO5. The van der Waals surface area contributed by atoms with Crippen LogP contribution in [0.4, 0.5) is 0 Å². The molecule has 0 fully saturated rings. The Morgan fingerprint density at radius 2 is 0.701 bits per heavy atom. The van der Waals surface area contributed by atoms with E-state index >= 15 is 0 Å². The fraction of sp³-hybridized carbons (Fsp3) is 0.902. The van der Waals surface area contributed by atoms with Gasteiger partial charge in [0, 0.05) is 12.8 Å². The zero-order valence-electron chi connectivity index (χ0n) is 45.1. The summed E-state index contributed by atoms with van der Waals surface area (Å²) in [4.78, 5) is 24.5. The van der Waals surface area contributed by atoms with Gasteiger partial charge in [0.15, 0.2) is 0 Å². The molecule has 0 saturated heterocycles. The summed E-state index contributed by atoms with van der Waals surface area (Å²) in [5.74, 6) is -0.0627. The molecule has 6 nitrogen and oxygen atoms in total. The van der Waals surface area contributed by atoms with Gasteiger partial charge in [-0.1, -0.05) is 282 Å². The van der Waals surface area contributed by atoms with Crippen molar-refractivity contribution in [2.45, 2.75) is 341 Å². The number of carbonyl (C=O) groups excluding carboxylic acids is 2. The van der Waals surface area contributed by atoms with E-state index in [1.807, 2.05) is 6.08 Å². The fourth-order valence-electron chi connectivity index (χ4n) is 9.34. The Morgan fingerprint density at radius 1 is 0.403 bits per heavy atom. The molecule has 2 atom stereocenters. The predicted octanol–water partition coefficient (Wildman–Crippen LogP) is 18.6. The Hall–Kier alpha value is -1.66. The first-order chi connectivity index (χ1) is 33.0. The molecule has 0 heterocycles. The third-order valence-electron chi connectivity index (χ3n) is 14.0. The number of hydrogen-bond donors (Lipinski definition) is 3. The zero-order chi connectivity index (χ0) is 48.6. The maximum absolute atomic E-state index is 12.4. The van der Waals surface area contributed by atoms with Crippen LogP contribution < -0.4 is 5.32 Å². The zero-order valence-corrected chi connectivity index (χ0v) is 45.1. The Labute approximate surface area is 418 Å². The smallest absolute Gasteiger partial charge is 0.305 e. The number of carbonyl (C=O) groups is 2. The largest absolute Gasteiger partial charge is 0.466 e. The molecule has 0 bridgehead atoms. The van der Waals surface area contributed by atoms with Gasteiger partial charge in [-0.3, -0.25) is 9.59 Å². The van der Waals surface area contributed by atoms with Crippen LogP contribution in [0.5, 0.6) is 0 Å². The van der Waals surface area contributed by atoms with Crippen LogP contribution in [-0.4, -0.2) is 47.4 Å². The highest BCUT2D eigenvalue weighted by Crippen LogP contribution is 2.17. The van der Waals surface area contributed by atoms with E-state index in [4.69, 9.17) is 4.74 Å². The van der Waals surface area contributed by atoms with E-state index in [1.165, 1.54) is 257 Å². The number of nitrogens with one attached hydrogen (secondary N) is 1. The van der Waals surface area contributed by atoms with Crippen LogP contribution in [0.3, 0.4) is 0 Å². The van der Waals surface area contributed by atoms with Crippen molar-refractivity contribution in [2.24, 2.45) is 0 Å². The molecule has 3 N–H and O–H groups in total. The lowest BCUT2D eigenvalue weighted by Gasteiger charge is -2.20. The number of rotatable bonds is 56. The molecule has 0 radical (unpaired) electrons. The Kier molecular flexibility index (Phi) is 55.5. The van der Waals surface area contributed by atoms with E-state index in [0.29, 0.717) is 19.4 Å². The molecule has 0 rings (SSSR count). The van der Waals surface area contributed by atoms with Gasteiger partial charge in [0.05, 0.1) is 25.4 Å². The number of allylic oxidation sites excluding steroid dienone is 3. The second kappa shape index (κ2) is 56.9. The molecule has 67 heavy (non-hydrogen) atoms. The van der Waals surface area contributed by atoms with E-state index in [2.05, 4.69) is 31.3 Å². The third kappa shape index (κ3) is 53.5. The first-order valence-electron chi connectivity index (χ1n) is 30.1. The van der Waals surface area contributed by atoms with Crippen molar-refractivity contribution in [1.29, 1.82) is 0 Å². The summed E-state index contributed by atoms with van der Waals surface area (Å²) in [5, 5.41) is 23.0. The predicted molar refractivity (Wildman–Crippen MR) is 292 cm³/mol. The fourth-order valence-corrected chi connectivity index (χ4v) is 9.34. The quantitative estimate of drug-likeness (QED) is 0.0321. The van der Waals surface area contributed by atoms with Gasteiger partial charge in [-0.05, 0) is 57.8 Å². The van der Waals surface area contributed by atoms with Crippen LogP contribution in [0.2, 0.25) is 0 Å². The molecule has 0 aliphatic carbocycles. The highest BCUT2D eigenvalue weighted by Gasteiger charge is 2.18. The lowest BCUT2D eigenvalue weighted by atomic mass is 10.0. The van der Waals surface area contributed by atoms with Crippen LogP contribution in [0.15, 0.2) is 24.3 Å². The first kappa shape index (κ1) is 65.3. The average molecular weight is 945 g/mol. The summed E-state index contributed by atoms with van der Waals surface area (Å²) in [6.45, 7) is 4.90. The number of hydrogen-bond acceptors (Lipinski definition) is 5. The van der Waals surface area contributed by atoms with Crippen molar-refractivity contribution >= 4 is 11.9 Å². The molecule has 0 aromatic carbocycles. The molecular weight excluding hydrogens is 827 g/mol. The van der Waals surface area contributed by atoms with E-state index in [1.54, 1.807) is 6.08 Å². The van der Waals surface area contributed by atoms with Crippen molar-refractivity contribution in [3.8, 4) is 0 Å². The van der Waals surface area contributed by atoms with Crippen molar-refractivity contribution < 1.29 is 24.5 Å². The molecule has 0 aliphatic heterocycles. The monoisotopic (exact) mass is 944 g/mol. The molecule has 1 amide bonds. The SMILES string of the molecule is CCCCCCCCC/C=C\CCCCCCCC(=O)OCCCCCCCCCCCCCCCCCCCCCCCCC(=O)NC(CO)C(O)/C=C/CCCCCCCCCCCC. The van der Waals surface area contributed by atoms with E-state index < -0.39 is 12.1 Å². The molecule has 2 unspecified atom stereocenters. The summed E-state index contributed by atoms with van der Waals surface area (Å²) in [6.07, 6.45) is 69.3. The summed E-state index contributed by atoms with van der Waals surface area (Å²) in [7, 11) is 0. The van der Waals surface area contributed by atoms with Crippen LogP contribution in [-0.2, 0) is 14.3 Å². The average Bonchev–Trinajstić information content (AvgIpc) is 3.33. The van der Waals surface area contributed by atoms with E-state index in [-0.39, 0.29) is 18.5 Å². The van der Waals surface area contributed by atoms with Gasteiger partial charge in [-0.15, -0.1) is 0 Å². The lowest BCUT2D eigenvalue weighted by molar-refractivity contribution is -0.143. The Balaban J connectivity index is 3.38. The minimum atomic E-state index is -0.843. The van der Waals surface area contributed by atoms with Gasteiger partial charge in [0.2, 0.25) is 5.91 Å². The van der Waals surface area contributed by atoms with Gasteiger partial charge in [-0.2, -0.15) is 0 Å². The number of aliphatic hydroxyl groups excluding tert-OH is 2. The van der Waals surface area contributed by atoms with Crippen molar-refractivity contribution in [3.63, 3.8) is 0 Å². The number of aliphatic hydroxyl groups is 2. The molecule has 0 aromatic heterocycles. The second-order valence-corrected chi connectivity index (χ2v) is 20.7. The number of amides is 1. The van der Waals surface area contributed by atoms with Crippen molar-refractivity contribution in [3.05, 3.63) is 24.3 Å². The second-order valence-electron chi connectivity index (χ2n) is 20.7. The molecule has 396 valence electrons. The number of unbranched alkanes of at least 4 members (excludes halogenated alkanes) is 43. The standard InChI is InChI=1S/C61H117NO5/c1-3-5-7-9-11-13-15-17-18-28-31-35-39-43-47-51-55-61(66)67-56-52-48-44-40-36-32-29-26-24-22-20-19-21-23-25-27-30-34-38-42-46-50-54-60(65)62-58(57-63)59(64)53-49-45-41-37-33-16-14-12-10-8-6-4-2/h18,28,49,53,58-59,63-64H,3-17,19-27,29-48,50-52,54-57H2,1-2H3,(H,62,65)/b28-18-,53-49+. The molecule has 6 heteroatoms. The minimum Gasteiger partial charge on any atom is -0.466 e. The van der Waals surface area contributed by atoms with Crippen LogP contribution >= 0.6 is 0 Å². The molecule has 0 spiro atoms. The van der Waals surface area contributed by atoms with Gasteiger partial charge >= 0.3 is 5.97 Å². The molecule has 0 saturated carbocycles. The maximum Gasteiger partial charge on any atom is 0.305 e. The topological polar surface area (TPSA) is 95.9 Å². The van der Waals surface area contributed by atoms with Crippen LogP contribution in [0, 0.1) is 0 Å². The summed E-state index contributed by atoms with van der Waals surface area (Å²) in [5.41, 5.74) is 0. The van der Waals surface area contributed by atoms with Crippen LogP contribution in [0.25, 0.3) is 0 Å². The van der Waals surface area contributed by atoms with Crippen LogP contribution in [0.1, 0.15) is 328 Å². The summed E-state index contributed by atoms with van der Waals surface area (Å²) in [6, 6.07) is -0.627. The minimum absolute atomic E-state index is 0.00544. The molecule has 0 aromatic rings. The summed E-state index contributed by atoms with van der Waals surface area (Å²) < 4.78 is 5.48. The van der Waals surface area contributed by atoms with Crippen molar-refractivity contribution in [2.75, 3.05) is 13.2 Å². The summed E-state index contributed by atoms with van der Waals surface area (Å²) >= 11 is 0. The van der Waals surface area contributed by atoms with Gasteiger partial charge < -0.3 is 20.3 Å². The van der Waals surface area contributed by atoms with E-state index in [0.717, 1.165) is 44.9 Å². The third-order valence-corrected chi connectivity index (χ3v) is 14.0. The van der Waals surface area contributed by atoms with Gasteiger partial charge in [-0.25, -0.2) is 0 Å². The number of ether oxygens (including phenoxy) is 1. The Morgan fingerprint density at radius 3 is 1.06 bits per heavy atom. The molecule has 0 aliphatic rings. The number of esters is 1. The maximum atomic E-state index is 12.4. The van der Waals surface area contributed by atoms with E-state index in [9.17, 15) is 19.8 Å². The van der Waals surface area contributed by atoms with Crippen molar-refractivity contribution in [1.82, 2.24) is 5.32 Å². The van der Waals surface area contributed by atoms with Gasteiger partial charge in [0.1, 0.15) is 0 Å². The normalized spacial score (nSPS) is 12.7. The highest BCUT2D eigenvalue weighted by molar-refractivity contribution is 5.76. The highest BCUT2D eigenvalue weighted by atomic mass is 16.5. The van der Waals surface area contributed by atoms with Gasteiger partial charge in [0.25, 0.3) is 0 Å². The Bertz CT molecular complexity index is 1040. The lowest BCUT2D eigenvalue weighted by Crippen LogP contribution is -2.45. The first-order valence-corrected chi connectivity index (χ1v) is 30.1.